The molecular formula is C14H24O4. The fourth-order valence-electron chi connectivity index (χ4n) is 1.60. The van der Waals surface area contributed by atoms with E-state index >= 15 is 0 Å². The van der Waals surface area contributed by atoms with Gasteiger partial charge in [-0.25, -0.2) is 4.79 Å². The second kappa shape index (κ2) is 8.86. The summed E-state index contributed by atoms with van der Waals surface area (Å²) in [5.74, 6) is -1.49. The Morgan fingerprint density at radius 1 is 1.22 bits per heavy atom. The zero-order chi connectivity index (χ0) is 14.0. The predicted molar refractivity (Wildman–Crippen MR) is 70.2 cm³/mol. The van der Waals surface area contributed by atoms with Crippen LogP contribution in [0.1, 0.15) is 52.4 Å². The highest BCUT2D eigenvalue weighted by molar-refractivity contribution is 6.05. The first-order valence-corrected chi connectivity index (χ1v) is 6.45. The highest BCUT2D eigenvalue weighted by atomic mass is 16.5. The first-order valence-electron chi connectivity index (χ1n) is 6.45. The molecule has 0 radical (unpaired) electrons. The SMILES string of the molecule is CCCCCC/C=C/C[C@@](O)(C(C)=O)C(=O)OC. The van der Waals surface area contributed by atoms with Crippen molar-refractivity contribution < 1.29 is 19.4 Å². The van der Waals surface area contributed by atoms with Gasteiger partial charge >= 0.3 is 5.97 Å². The van der Waals surface area contributed by atoms with E-state index in [1.54, 1.807) is 6.08 Å². The summed E-state index contributed by atoms with van der Waals surface area (Å²) in [7, 11) is 1.16. The molecule has 0 saturated heterocycles. The number of ketones is 1. The molecule has 0 heterocycles. The number of rotatable bonds is 9. The minimum Gasteiger partial charge on any atom is -0.467 e. The molecule has 0 fully saturated rings. The number of aliphatic hydroxyl groups is 1. The number of allylic oxidation sites excluding steroid dienone is 1. The summed E-state index contributed by atoms with van der Waals surface area (Å²) in [5, 5.41) is 9.92. The average molecular weight is 256 g/mol. The summed E-state index contributed by atoms with van der Waals surface area (Å²) in [5.41, 5.74) is -2.03. The first kappa shape index (κ1) is 16.8. The molecule has 1 N–H and O–H groups in total. The maximum absolute atomic E-state index is 11.4. The number of Topliss-reactive ketones (excluding diaryl/α,β-unsaturated/α-hetero) is 1. The Morgan fingerprint density at radius 2 is 1.89 bits per heavy atom. The van der Waals surface area contributed by atoms with Crippen molar-refractivity contribution in [2.45, 2.75) is 58.0 Å². The molecule has 0 aromatic heterocycles. The van der Waals surface area contributed by atoms with Crippen LogP contribution < -0.4 is 0 Å². The topological polar surface area (TPSA) is 63.6 Å². The van der Waals surface area contributed by atoms with Crippen molar-refractivity contribution in [2.24, 2.45) is 0 Å². The molecule has 4 nitrogen and oxygen atoms in total. The quantitative estimate of drug-likeness (QED) is 0.298. The van der Waals surface area contributed by atoms with E-state index in [9.17, 15) is 14.7 Å². The second-order valence-corrected chi connectivity index (χ2v) is 4.43. The van der Waals surface area contributed by atoms with Gasteiger partial charge in [-0.3, -0.25) is 4.79 Å². The molecular weight excluding hydrogens is 232 g/mol. The average Bonchev–Trinajstić information content (AvgIpc) is 2.36. The third-order valence-corrected chi connectivity index (χ3v) is 2.91. The van der Waals surface area contributed by atoms with E-state index in [4.69, 9.17) is 0 Å². The largest absolute Gasteiger partial charge is 0.467 e. The van der Waals surface area contributed by atoms with Gasteiger partial charge in [0.2, 0.25) is 5.60 Å². The van der Waals surface area contributed by atoms with Crippen molar-refractivity contribution in [3.8, 4) is 0 Å². The van der Waals surface area contributed by atoms with Crippen LogP contribution in [0.3, 0.4) is 0 Å². The Morgan fingerprint density at radius 3 is 2.39 bits per heavy atom. The lowest BCUT2D eigenvalue weighted by Gasteiger charge is -2.20. The maximum atomic E-state index is 11.4. The molecule has 18 heavy (non-hydrogen) atoms. The highest BCUT2D eigenvalue weighted by Gasteiger charge is 2.41. The Bertz CT molecular complexity index is 296. The van der Waals surface area contributed by atoms with E-state index in [2.05, 4.69) is 11.7 Å². The smallest absolute Gasteiger partial charge is 0.346 e. The van der Waals surface area contributed by atoms with Crippen molar-refractivity contribution in [3.05, 3.63) is 12.2 Å². The minimum atomic E-state index is -2.03. The van der Waals surface area contributed by atoms with Gasteiger partial charge in [0, 0.05) is 6.42 Å². The van der Waals surface area contributed by atoms with Crippen LogP contribution in [0.2, 0.25) is 0 Å². The van der Waals surface area contributed by atoms with E-state index < -0.39 is 17.4 Å². The molecule has 0 unspecified atom stereocenters. The zero-order valence-corrected chi connectivity index (χ0v) is 11.6. The van der Waals surface area contributed by atoms with Crippen LogP contribution in [0.4, 0.5) is 0 Å². The first-order chi connectivity index (χ1) is 8.49. The van der Waals surface area contributed by atoms with Crippen LogP contribution >= 0.6 is 0 Å². The third-order valence-electron chi connectivity index (χ3n) is 2.91. The molecule has 4 heteroatoms. The van der Waals surface area contributed by atoms with E-state index in [1.165, 1.54) is 26.2 Å². The molecule has 0 aliphatic heterocycles. The summed E-state index contributed by atoms with van der Waals surface area (Å²) >= 11 is 0. The van der Waals surface area contributed by atoms with Gasteiger partial charge in [-0.05, 0) is 19.8 Å². The Labute approximate surface area is 109 Å². The standard InChI is InChI=1S/C14H24O4/c1-4-5-6-7-8-9-10-11-14(17,12(2)15)13(16)18-3/h9-10,17H,4-8,11H2,1-3H3/b10-9+/t14-/m1/s1. The van der Waals surface area contributed by atoms with Crippen LogP contribution in [0.15, 0.2) is 12.2 Å². The highest BCUT2D eigenvalue weighted by Crippen LogP contribution is 2.15. The fourth-order valence-corrected chi connectivity index (χ4v) is 1.60. The van der Waals surface area contributed by atoms with Crippen molar-refractivity contribution in [3.63, 3.8) is 0 Å². The molecule has 1 atom stereocenters. The van der Waals surface area contributed by atoms with Crippen molar-refractivity contribution in [2.75, 3.05) is 7.11 Å². The molecule has 0 aromatic rings. The normalized spacial score (nSPS) is 14.4. The van der Waals surface area contributed by atoms with Gasteiger partial charge in [0.25, 0.3) is 0 Å². The molecule has 0 bridgehead atoms. The third kappa shape index (κ3) is 5.45. The summed E-state index contributed by atoms with van der Waals surface area (Å²) in [4.78, 5) is 22.6. The van der Waals surface area contributed by atoms with Crippen LogP contribution in [0.25, 0.3) is 0 Å². The monoisotopic (exact) mass is 256 g/mol. The van der Waals surface area contributed by atoms with E-state index in [0.29, 0.717) is 0 Å². The second-order valence-electron chi connectivity index (χ2n) is 4.43. The van der Waals surface area contributed by atoms with Gasteiger partial charge in [0.1, 0.15) is 0 Å². The summed E-state index contributed by atoms with van der Waals surface area (Å²) in [6, 6.07) is 0. The summed E-state index contributed by atoms with van der Waals surface area (Å²) in [6.07, 6.45) is 9.11. The van der Waals surface area contributed by atoms with E-state index in [-0.39, 0.29) is 6.42 Å². The molecule has 104 valence electrons. The van der Waals surface area contributed by atoms with Gasteiger partial charge in [-0.2, -0.15) is 0 Å². The number of methoxy groups -OCH3 is 1. The van der Waals surface area contributed by atoms with Crippen molar-refractivity contribution >= 4 is 11.8 Å². The van der Waals surface area contributed by atoms with Crippen LogP contribution in [0.5, 0.6) is 0 Å². The Balaban J connectivity index is 4.17. The predicted octanol–water partition coefficient (Wildman–Crippen LogP) is 2.40. The number of ether oxygens (including phenoxy) is 1. The van der Waals surface area contributed by atoms with Gasteiger partial charge in [0.05, 0.1) is 7.11 Å². The zero-order valence-electron chi connectivity index (χ0n) is 11.6. The van der Waals surface area contributed by atoms with Gasteiger partial charge < -0.3 is 9.84 Å². The Hall–Kier alpha value is -1.16. The molecule has 0 aromatic carbocycles. The van der Waals surface area contributed by atoms with Crippen LogP contribution in [0, 0.1) is 0 Å². The lowest BCUT2D eigenvalue weighted by molar-refractivity contribution is -0.167. The van der Waals surface area contributed by atoms with Crippen molar-refractivity contribution in [1.82, 2.24) is 0 Å². The fraction of sp³-hybridized carbons (Fsp3) is 0.714. The number of carbonyl (C=O) groups excluding carboxylic acids is 2. The summed E-state index contributed by atoms with van der Waals surface area (Å²) in [6.45, 7) is 3.34. The van der Waals surface area contributed by atoms with Crippen LogP contribution in [-0.2, 0) is 14.3 Å². The van der Waals surface area contributed by atoms with Crippen molar-refractivity contribution in [1.29, 1.82) is 0 Å². The lowest BCUT2D eigenvalue weighted by Crippen LogP contribution is -2.45. The van der Waals surface area contributed by atoms with E-state index in [1.807, 2.05) is 6.08 Å². The van der Waals surface area contributed by atoms with Gasteiger partial charge in [0.15, 0.2) is 5.78 Å². The van der Waals surface area contributed by atoms with E-state index in [0.717, 1.165) is 20.0 Å². The lowest BCUT2D eigenvalue weighted by atomic mass is 9.95. The molecule has 0 saturated carbocycles. The molecule has 0 rings (SSSR count). The Kier molecular flexibility index (Phi) is 8.29. The molecule has 0 aliphatic carbocycles. The minimum absolute atomic E-state index is 0.0250. The molecule has 0 aliphatic rings. The molecule has 0 amide bonds. The number of unbranched alkanes of at least 4 members (excludes halogenated alkanes) is 4. The number of esters is 1. The summed E-state index contributed by atoms with van der Waals surface area (Å²) < 4.78 is 4.44. The van der Waals surface area contributed by atoms with Gasteiger partial charge in [-0.1, -0.05) is 38.3 Å². The number of hydrogen-bond donors (Lipinski definition) is 1. The van der Waals surface area contributed by atoms with Crippen LogP contribution in [-0.4, -0.2) is 29.6 Å². The number of hydrogen-bond acceptors (Lipinski definition) is 4. The molecule has 0 spiro atoms. The maximum Gasteiger partial charge on any atom is 0.346 e. The van der Waals surface area contributed by atoms with Gasteiger partial charge in [-0.15, -0.1) is 0 Å². The number of carbonyl (C=O) groups is 2.